The minimum atomic E-state index is 0.131. The Bertz CT molecular complexity index is 644. The Labute approximate surface area is 131 Å². The van der Waals surface area contributed by atoms with E-state index in [1.165, 1.54) is 5.56 Å². The molecule has 0 heterocycles. The topological polar surface area (TPSA) is 35.2 Å². The van der Waals surface area contributed by atoms with Crippen LogP contribution >= 0.6 is 11.6 Å². The van der Waals surface area contributed by atoms with E-state index in [2.05, 4.69) is 39.8 Å². The molecule has 0 unspecified atom stereocenters. The van der Waals surface area contributed by atoms with E-state index >= 15 is 0 Å². The molecule has 2 N–H and O–H groups in total. The summed E-state index contributed by atoms with van der Waals surface area (Å²) in [7, 11) is 0. The first-order valence-corrected chi connectivity index (χ1v) is 7.46. The molecule has 0 atom stereocenters. The normalized spacial score (nSPS) is 11.5. The summed E-state index contributed by atoms with van der Waals surface area (Å²) in [6.45, 7) is 9.06. The highest BCUT2D eigenvalue weighted by atomic mass is 35.5. The molecule has 2 nitrogen and oxygen atoms in total. The summed E-state index contributed by atoms with van der Waals surface area (Å²) in [6.07, 6.45) is 0. The second-order valence-electron chi connectivity index (χ2n) is 6.29. The monoisotopic (exact) mass is 303 g/mol. The molecular weight excluding hydrogens is 282 g/mol. The van der Waals surface area contributed by atoms with Gasteiger partial charge in [0.25, 0.3) is 0 Å². The van der Waals surface area contributed by atoms with Crippen molar-refractivity contribution in [2.45, 2.75) is 39.7 Å². The summed E-state index contributed by atoms with van der Waals surface area (Å²) in [6, 6.07) is 11.8. The fourth-order valence-electron chi connectivity index (χ4n) is 2.16. The van der Waals surface area contributed by atoms with E-state index in [4.69, 9.17) is 22.1 Å². The van der Waals surface area contributed by atoms with Gasteiger partial charge in [0.15, 0.2) is 0 Å². The third kappa shape index (κ3) is 3.78. The van der Waals surface area contributed by atoms with Gasteiger partial charge >= 0.3 is 0 Å². The van der Waals surface area contributed by atoms with Crippen molar-refractivity contribution in [1.82, 2.24) is 0 Å². The van der Waals surface area contributed by atoms with E-state index in [1.54, 1.807) is 0 Å². The van der Waals surface area contributed by atoms with Crippen molar-refractivity contribution >= 4 is 11.6 Å². The number of nitrogens with two attached hydrogens (primary N) is 1. The number of aryl methyl sites for hydroxylation is 1. The Morgan fingerprint density at radius 3 is 2.29 bits per heavy atom. The SMILES string of the molecule is Cc1cc(C(C)(C)C)ccc1Oc1ccc(Cl)cc1CN. The number of rotatable bonds is 3. The van der Waals surface area contributed by atoms with Crippen molar-refractivity contribution in [1.29, 1.82) is 0 Å². The average molecular weight is 304 g/mol. The Kier molecular flexibility index (Phi) is 4.60. The van der Waals surface area contributed by atoms with Gasteiger partial charge in [0.2, 0.25) is 0 Å². The zero-order chi connectivity index (χ0) is 15.6. The quantitative estimate of drug-likeness (QED) is 0.846. The van der Waals surface area contributed by atoms with Gasteiger partial charge in [-0.05, 0) is 47.7 Å². The van der Waals surface area contributed by atoms with Crippen LogP contribution in [0.2, 0.25) is 5.02 Å². The minimum Gasteiger partial charge on any atom is -0.457 e. The van der Waals surface area contributed by atoms with E-state index in [0.717, 1.165) is 22.6 Å². The van der Waals surface area contributed by atoms with Crippen LogP contribution in [-0.4, -0.2) is 0 Å². The number of ether oxygens (including phenoxy) is 1. The molecule has 0 aliphatic rings. The molecular formula is C18H22ClNO. The third-order valence-corrected chi connectivity index (χ3v) is 3.74. The van der Waals surface area contributed by atoms with Gasteiger partial charge in [0, 0.05) is 17.1 Å². The largest absolute Gasteiger partial charge is 0.457 e. The Balaban J connectivity index is 2.32. The minimum absolute atomic E-state index is 0.131. The van der Waals surface area contributed by atoms with Gasteiger partial charge in [0.1, 0.15) is 11.5 Å². The zero-order valence-corrected chi connectivity index (χ0v) is 13.8. The third-order valence-electron chi connectivity index (χ3n) is 3.50. The summed E-state index contributed by atoms with van der Waals surface area (Å²) in [5.41, 5.74) is 9.19. The standard InChI is InChI=1S/C18H22ClNO/c1-12-9-14(18(2,3)4)5-7-16(12)21-17-8-6-15(19)10-13(17)11-20/h5-10H,11,20H2,1-4H3. The molecule has 2 aromatic rings. The first-order chi connectivity index (χ1) is 9.81. The van der Waals surface area contributed by atoms with Gasteiger partial charge < -0.3 is 10.5 Å². The molecule has 21 heavy (non-hydrogen) atoms. The molecule has 0 bridgehead atoms. The maximum atomic E-state index is 6.02. The number of halogens is 1. The van der Waals surface area contributed by atoms with Gasteiger partial charge in [-0.25, -0.2) is 0 Å². The van der Waals surface area contributed by atoms with Crippen LogP contribution in [0.3, 0.4) is 0 Å². The number of hydrogen-bond donors (Lipinski definition) is 1. The fourth-order valence-corrected chi connectivity index (χ4v) is 2.35. The van der Waals surface area contributed by atoms with Gasteiger partial charge in [-0.15, -0.1) is 0 Å². The molecule has 0 aromatic heterocycles. The van der Waals surface area contributed by atoms with Crippen LogP contribution in [0, 0.1) is 6.92 Å². The van der Waals surface area contributed by atoms with E-state index in [0.29, 0.717) is 11.6 Å². The highest BCUT2D eigenvalue weighted by Gasteiger charge is 2.15. The maximum Gasteiger partial charge on any atom is 0.132 e. The van der Waals surface area contributed by atoms with Crippen molar-refractivity contribution in [3.05, 3.63) is 58.1 Å². The van der Waals surface area contributed by atoms with Gasteiger partial charge in [0.05, 0.1) is 0 Å². The predicted octanol–water partition coefficient (Wildman–Crippen LogP) is 5.20. The zero-order valence-electron chi connectivity index (χ0n) is 13.0. The first kappa shape index (κ1) is 15.9. The van der Waals surface area contributed by atoms with E-state index in [9.17, 15) is 0 Å². The Morgan fingerprint density at radius 1 is 1.05 bits per heavy atom. The summed E-state index contributed by atoms with van der Waals surface area (Å²) in [5, 5.41) is 0.669. The molecule has 3 heteroatoms. The summed E-state index contributed by atoms with van der Waals surface area (Å²) in [5.74, 6) is 1.61. The first-order valence-electron chi connectivity index (χ1n) is 7.09. The summed E-state index contributed by atoms with van der Waals surface area (Å²) in [4.78, 5) is 0. The predicted molar refractivity (Wildman–Crippen MR) is 89.3 cm³/mol. The van der Waals surface area contributed by atoms with Crippen molar-refractivity contribution < 1.29 is 4.74 Å². The Hall–Kier alpha value is -1.51. The second kappa shape index (κ2) is 6.08. The molecule has 0 saturated heterocycles. The smallest absolute Gasteiger partial charge is 0.132 e. The van der Waals surface area contributed by atoms with Crippen molar-refractivity contribution in [2.75, 3.05) is 0 Å². The molecule has 0 fully saturated rings. The highest BCUT2D eigenvalue weighted by molar-refractivity contribution is 6.30. The molecule has 0 spiro atoms. The lowest BCUT2D eigenvalue weighted by Crippen LogP contribution is -2.11. The van der Waals surface area contributed by atoms with Crippen molar-refractivity contribution in [2.24, 2.45) is 5.73 Å². The lowest BCUT2D eigenvalue weighted by atomic mass is 9.86. The molecule has 0 aliphatic heterocycles. The Morgan fingerprint density at radius 2 is 1.71 bits per heavy atom. The maximum absolute atomic E-state index is 6.02. The molecule has 0 amide bonds. The van der Waals surface area contributed by atoms with E-state index < -0.39 is 0 Å². The summed E-state index contributed by atoms with van der Waals surface area (Å²) >= 11 is 5.99. The van der Waals surface area contributed by atoms with Crippen LogP contribution in [0.15, 0.2) is 36.4 Å². The summed E-state index contributed by atoms with van der Waals surface area (Å²) < 4.78 is 6.02. The van der Waals surface area contributed by atoms with Gasteiger partial charge in [-0.2, -0.15) is 0 Å². The highest BCUT2D eigenvalue weighted by Crippen LogP contribution is 2.32. The van der Waals surface area contributed by atoms with Crippen LogP contribution in [0.25, 0.3) is 0 Å². The molecule has 2 aromatic carbocycles. The van der Waals surface area contributed by atoms with Crippen molar-refractivity contribution in [3.8, 4) is 11.5 Å². The van der Waals surface area contributed by atoms with Crippen molar-refractivity contribution in [3.63, 3.8) is 0 Å². The molecule has 112 valence electrons. The lowest BCUT2D eigenvalue weighted by molar-refractivity contribution is 0.471. The van der Waals surface area contributed by atoms with Gasteiger partial charge in [-0.1, -0.05) is 44.5 Å². The average Bonchev–Trinajstić information content (AvgIpc) is 2.41. The van der Waals surface area contributed by atoms with Crippen LogP contribution in [0.1, 0.15) is 37.5 Å². The molecule has 0 radical (unpaired) electrons. The van der Waals surface area contributed by atoms with Crippen LogP contribution in [0.4, 0.5) is 0 Å². The van der Waals surface area contributed by atoms with E-state index in [-0.39, 0.29) is 5.41 Å². The number of hydrogen-bond acceptors (Lipinski definition) is 2. The molecule has 0 saturated carbocycles. The lowest BCUT2D eigenvalue weighted by Gasteiger charge is -2.21. The van der Waals surface area contributed by atoms with Crippen LogP contribution in [0.5, 0.6) is 11.5 Å². The van der Waals surface area contributed by atoms with E-state index in [1.807, 2.05) is 24.3 Å². The van der Waals surface area contributed by atoms with Crippen LogP contribution < -0.4 is 10.5 Å². The fraction of sp³-hybridized carbons (Fsp3) is 0.333. The van der Waals surface area contributed by atoms with Crippen LogP contribution in [-0.2, 0) is 12.0 Å². The molecule has 2 rings (SSSR count). The molecule has 0 aliphatic carbocycles. The second-order valence-corrected chi connectivity index (χ2v) is 6.72. The van der Waals surface area contributed by atoms with Gasteiger partial charge in [-0.3, -0.25) is 0 Å². The number of benzene rings is 2.